The fourth-order valence-corrected chi connectivity index (χ4v) is 4.43. The van der Waals surface area contributed by atoms with Gasteiger partial charge in [-0.3, -0.25) is 4.79 Å². The van der Waals surface area contributed by atoms with E-state index >= 15 is 0 Å². The molecule has 1 N–H and O–H groups in total. The molecule has 0 radical (unpaired) electrons. The standard InChI is InChI=1S/C31H27N3O5/c1-36-25-18-22(19-26(37-2)28(25)38-3)29-33-31(39-34-29)23-16-10-11-17-24(23)32-30(35)27(20-12-6-4-7-13-20)21-14-8-5-9-15-21/h4-19,27H,1-3H3,(H,32,35). The molecule has 0 saturated carbocycles. The zero-order valence-electron chi connectivity index (χ0n) is 21.8. The van der Waals surface area contributed by atoms with Crippen LogP contribution < -0.4 is 19.5 Å². The summed E-state index contributed by atoms with van der Waals surface area (Å²) in [6.45, 7) is 0. The van der Waals surface area contributed by atoms with Gasteiger partial charge in [-0.1, -0.05) is 78.0 Å². The Kier molecular flexibility index (Phi) is 7.54. The summed E-state index contributed by atoms with van der Waals surface area (Å²) in [7, 11) is 4.62. The number of para-hydroxylation sites is 1. The van der Waals surface area contributed by atoms with Crippen molar-refractivity contribution < 1.29 is 23.5 Å². The van der Waals surface area contributed by atoms with Crippen molar-refractivity contribution in [3.63, 3.8) is 0 Å². The van der Waals surface area contributed by atoms with E-state index in [9.17, 15) is 4.79 Å². The molecule has 0 atom stereocenters. The van der Waals surface area contributed by atoms with E-state index < -0.39 is 5.92 Å². The molecule has 8 heteroatoms. The fourth-order valence-electron chi connectivity index (χ4n) is 4.43. The summed E-state index contributed by atoms with van der Waals surface area (Å²) < 4.78 is 21.9. The molecule has 0 unspecified atom stereocenters. The number of ether oxygens (including phenoxy) is 3. The van der Waals surface area contributed by atoms with E-state index in [1.54, 1.807) is 26.4 Å². The van der Waals surface area contributed by atoms with Gasteiger partial charge in [0, 0.05) is 5.56 Å². The molecule has 1 amide bonds. The summed E-state index contributed by atoms with van der Waals surface area (Å²) in [6.07, 6.45) is 0. The van der Waals surface area contributed by atoms with Crippen molar-refractivity contribution in [1.29, 1.82) is 0 Å². The summed E-state index contributed by atoms with van der Waals surface area (Å²) in [4.78, 5) is 18.3. The fraction of sp³-hybridized carbons (Fsp3) is 0.129. The summed E-state index contributed by atoms with van der Waals surface area (Å²) in [5.74, 6) is 1.31. The summed E-state index contributed by atoms with van der Waals surface area (Å²) in [5.41, 5.74) is 3.55. The highest BCUT2D eigenvalue weighted by Gasteiger charge is 2.25. The third kappa shape index (κ3) is 5.31. The molecule has 0 spiro atoms. The molecule has 39 heavy (non-hydrogen) atoms. The van der Waals surface area contributed by atoms with Gasteiger partial charge in [0.2, 0.25) is 17.5 Å². The van der Waals surface area contributed by atoms with Crippen molar-refractivity contribution >= 4 is 11.6 Å². The minimum absolute atomic E-state index is 0.177. The predicted molar refractivity (Wildman–Crippen MR) is 148 cm³/mol. The van der Waals surface area contributed by atoms with Crippen LogP contribution in [0.2, 0.25) is 0 Å². The monoisotopic (exact) mass is 521 g/mol. The normalized spacial score (nSPS) is 10.8. The number of rotatable bonds is 9. The molecule has 0 aliphatic rings. The first-order valence-corrected chi connectivity index (χ1v) is 12.3. The van der Waals surface area contributed by atoms with Crippen LogP contribution in [0.1, 0.15) is 17.0 Å². The number of methoxy groups -OCH3 is 3. The first-order valence-electron chi connectivity index (χ1n) is 12.3. The lowest BCUT2D eigenvalue weighted by molar-refractivity contribution is -0.116. The maximum Gasteiger partial charge on any atom is 0.260 e. The maximum atomic E-state index is 13.7. The van der Waals surface area contributed by atoms with E-state index in [0.29, 0.717) is 39.9 Å². The Labute approximate surface area is 226 Å². The first-order chi connectivity index (χ1) is 19.1. The van der Waals surface area contributed by atoms with Crippen LogP contribution in [0, 0.1) is 0 Å². The second-order valence-corrected chi connectivity index (χ2v) is 8.63. The Morgan fingerprint density at radius 1 is 0.769 bits per heavy atom. The Balaban J connectivity index is 1.48. The van der Waals surface area contributed by atoms with Gasteiger partial charge >= 0.3 is 0 Å². The van der Waals surface area contributed by atoms with E-state index in [4.69, 9.17) is 18.7 Å². The van der Waals surface area contributed by atoms with Crippen LogP contribution in [-0.2, 0) is 4.79 Å². The van der Waals surface area contributed by atoms with Crippen molar-refractivity contribution in [2.45, 2.75) is 5.92 Å². The molecule has 1 aromatic heterocycles. The Bertz CT molecular complexity index is 1500. The van der Waals surface area contributed by atoms with Gasteiger partial charge in [-0.25, -0.2) is 0 Å². The molecule has 5 rings (SSSR count). The van der Waals surface area contributed by atoms with Gasteiger partial charge in [-0.2, -0.15) is 4.98 Å². The van der Waals surface area contributed by atoms with Gasteiger partial charge in [0.1, 0.15) is 0 Å². The van der Waals surface area contributed by atoms with Gasteiger partial charge < -0.3 is 24.1 Å². The zero-order valence-corrected chi connectivity index (χ0v) is 21.8. The largest absolute Gasteiger partial charge is 0.493 e. The number of nitrogens with one attached hydrogen (secondary N) is 1. The lowest BCUT2D eigenvalue weighted by Crippen LogP contribution is -2.22. The number of carbonyl (C=O) groups is 1. The highest BCUT2D eigenvalue weighted by atomic mass is 16.5. The minimum atomic E-state index is -0.502. The van der Waals surface area contributed by atoms with Crippen LogP contribution in [0.4, 0.5) is 5.69 Å². The third-order valence-electron chi connectivity index (χ3n) is 6.29. The Morgan fingerprint density at radius 2 is 1.33 bits per heavy atom. The van der Waals surface area contributed by atoms with Crippen molar-refractivity contribution in [1.82, 2.24) is 10.1 Å². The van der Waals surface area contributed by atoms with Gasteiger partial charge in [0.05, 0.1) is 38.5 Å². The van der Waals surface area contributed by atoms with Crippen LogP contribution in [0.5, 0.6) is 17.2 Å². The number of carbonyl (C=O) groups excluding carboxylic acids is 1. The predicted octanol–water partition coefficient (Wildman–Crippen LogP) is 6.20. The third-order valence-corrected chi connectivity index (χ3v) is 6.29. The lowest BCUT2D eigenvalue weighted by atomic mass is 9.90. The quantitative estimate of drug-likeness (QED) is 0.247. The smallest absolute Gasteiger partial charge is 0.260 e. The van der Waals surface area contributed by atoms with Crippen LogP contribution in [0.3, 0.4) is 0 Å². The van der Waals surface area contributed by atoms with Crippen LogP contribution in [0.15, 0.2) is 102 Å². The summed E-state index contributed by atoms with van der Waals surface area (Å²) in [5, 5.41) is 7.25. The molecule has 5 aromatic rings. The lowest BCUT2D eigenvalue weighted by Gasteiger charge is -2.18. The molecular weight excluding hydrogens is 494 g/mol. The SMILES string of the molecule is COc1cc(-c2noc(-c3ccccc3NC(=O)C(c3ccccc3)c3ccccc3)n2)cc(OC)c1OC. The number of hydrogen-bond donors (Lipinski definition) is 1. The van der Waals surface area contributed by atoms with Crippen molar-refractivity contribution in [3.05, 3.63) is 108 Å². The summed E-state index contributed by atoms with van der Waals surface area (Å²) in [6, 6.07) is 30.2. The van der Waals surface area contributed by atoms with Crippen LogP contribution in [0.25, 0.3) is 22.8 Å². The van der Waals surface area contributed by atoms with Crippen LogP contribution in [-0.4, -0.2) is 37.4 Å². The number of anilines is 1. The molecule has 0 aliphatic heterocycles. The van der Waals surface area contributed by atoms with Crippen molar-refractivity contribution in [2.24, 2.45) is 0 Å². The number of amides is 1. The Hall–Kier alpha value is -5.11. The Morgan fingerprint density at radius 3 is 1.90 bits per heavy atom. The second-order valence-electron chi connectivity index (χ2n) is 8.63. The zero-order chi connectivity index (χ0) is 27.2. The minimum Gasteiger partial charge on any atom is -0.493 e. The molecule has 1 heterocycles. The van der Waals surface area contributed by atoms with E-state index in [0.717, 1.165) is 11.1 Å². The number of hydrogen-bond acceptors (Lipinski definition) is 7. The molecular formula is C31H27N3O5. The van der Waals surface area contributed by atoms with E-state index in [-0.39, 0.29) is 11.8 Å². The molecule has 0 bridgehead atoms. The second kappa shape index (κ2) is 11.5. The topological polar surface area (TPSA) is 95.7 Å². The number of aromatic nitrogens is 2. The molecule has 0 fully saturated rings. The average molecular weight is 522 g/mol. The van der Waals surface area contributed by atoms with Gasteiger partial charge in [-0.15, -0.1) is 0 Å². The number of benzene rings is 4. The van der Waals surface area contributed by atoms with E-state index in [1.165, 1.54) is 7.11 Å². The molecule has 8 nitrogen and oxygen atoms in total. The number of nitrogens with zero attached hydrogens (tertiary/aromatic N) is 2. The molecule has 4 aromatic carbocycles. The molecule has 196 valence electrons. The van der Waals surface area contributed by atoms with Gasteiger partial charge in [-0.05, 0) is 35.4 Å². The highest BCUT2D eigenvalue weighted by Crippen LogP contribution is 2.41. The van der Waals surface area contributed by atoms with Crippen molar-refractivity contribution in [3.8, 4) is 40.1 Å². The van der Waals surface area contributed by atoms with E-state index in [1.807, 2.05) is 84.9 Å². The molecule has 0 aliphatic carbocycles. The maximum absolute atomic E-state index is 13.7. The van der Waals surface area contributed by atoms with E-state index in [2.05, 4.69) is 15.5 Å². The highest BCUT2D eigenvalue weighted by molar-refractivity contribution is 6.00. The first kappa shape index (κ1) is 25.5. The molecule has 0 saturated heterocycles. The summed E-state index contributed by atoms with van der Waals surface area (Å²) >= 11 is 0. The van der Waals surface area contributed by atoms with Gasteiger partial charge in [0.25, 0.3) is 5.89 Å². The van der Waals surface area contributed by atoms with Gasteiger partial charge in [0.15, 0.2) is 11.5 Å². The van der Waals surface area contributed by atoms with Crippen molar-refractivity contribution in [2.75, 3.05) is 26.6 Å². The average Bonchev–Trinajstić information content (AvgIpc) is 3.48. The van der Waals surface area contributed by atoms with Crippen LogP contribution >= 0.6 is 0 Å².